The molecule has 0 amide bonds. The first kappa shape index (κ1) is 13.1. The van der Waals surface area contributed by atoms with E-state index in [9.17, 15) is 0 Å². The van der Waals surface area contributed by atoms with Gasteiger partial charge in [0, 0.05) is 20.8 Å². The minimum atomic E-state index is 0.444. The summed E-state index contributed by atoms with van der Waals surface area (Å²) in [5.74, 6) is 8.71. The predicted molar refractivity (Wildman–Crippen MR) is 80.4 cm³/mol. The van der Waals surface area contributed by atoms with Crippen LogP contribution in [-0.2, 0) is 6.42 Å². The third kappa shape index (κ3) is 2.82. The Labute approximate surface area is 121 Å². The minimum Gasteiger partial charge on any atom is -0.271 e. The maximum absolute atomic E-state index is 5.75. The van der Waals surface area contributed by atoms with Crippen molar-refractivity contribution in [1.82, 2.24) is 5.43 Å². The van der Waals surface area contributed by atoms with Gasteiger partial charge < -0.3 is 0 Å². The van der Waals surface area contributed by atoms with Gasteiger partial charge in [-0.3, -0.25) is 11.3 Å². The lowest BCUT2D eigenvalue weighted by Gasteiger charge is -2.26. The van der Waals surface area contributed by atoms with Crippen molar-refractivity contribution in [3.63, 3.8) is 0 Å². The first-order chi connectivity index (χ1) is 8.74. The summed E-state index contributed by atoms with van der Waals surface area (Å²) in [4.78, 5) is 1.42. The summed E-state index contributed by atoms with van der Waals surface area (Å²) in [6.07, 6.45) is 8.23. The van der Waals surface area contributed by atoms with Crippen molar-refractivity contribution < 1.29 is 0 Å². The van der Waals surface area contributed by atoms with Crippen LogP contribution in [0.15, 0.2) is 15.9 Å². The molecule has 4 heteroatoms. The maximum atomic E-state index is 5.75. The molecule has 0 saturated heterocycles. The van der Waals surface area contributed by atoms with E-state index in [1.807, 2.05) is 11.3 Å². The van der Waals surface area contributed by atoms with Crippen molar-refractivity contribution in [3.8, 4) is 0 Å². The number of halogens is 1. The van der Waals surface area contributed by atoms with Gasteiger partial charge in [-0.2, -0.15) is 0 Å². The van der Waals surface area contributed by atoms with E-state index in [0.717, 1.165) is 24.2 Å². The van der Waals surface area contributed by atoms with E-state index in [1.54, 1.807) is 0 Å². The molecule has 1 heterocycles. The molecule has 4 unspecified atom stereocenters. The second kappa shape index (κ2) is 5.61. The Hall–Kier alpha value is 0.1000. The first-order valence-corrected chi connectivity index (χ1v) is 8.61. The molecule has 3 rings (SSSR count). The fourth-order valence-electron chi connectivity index (χ4n) is 3.94. The lowest BCUT2D eigenvalue weighted by atomic mass is 9.83. The molecule has 2 fully saturated rings. The Morgan fingerprint density at radius 2 is 2.33 bits per heavy atom. The van der Waals surface area contributed by atoms with Crippen molar-refractivity contribution >= 4 is 27.3 Å². The highest BCUT2D eigenvalue weighted by molar-refractivity contribution is 9.10. The standard InChI is InChI=1S/C14H21BrN2S/c15-12-6-14(18-8-12)7-13(17-16)5-11-4-9-1-2-10(11)3-9/h6,8-11,13,17H,1-5,7,16H2. The number of rotatable bonds is 5. The molecule has 1 aromatic rings. The molecule has 0 aliphatic heterocycles. The average molecular weight is 329 g/mol. The number of nitrogens with one attached hydrogen (secondary N) is 1. The fraction of sp³-hybridized carbons (Fsp3) is 0.714. The molecule has 2 bridgehead atoms. The van der Waals surface area contributed by atoms with Crippen molar-refractivity contribution in [2.45, 2.75) is 44.6 Å². The fourth-order valence-corrected chi connectivity index (χ4v) is 5.48. The number of thiophene rings is 1. The summed E-state index contributed by atoms with van der Waals surface area (Å²) in [7, 11) is 0. The van der Waals surface area contributed by atoms with Crippen LogP contribution in [0.5, 0.6) is 0 Å². The van der Waals surface area contributed by atoms with Crippen molar-refractivity contribution in [2.75, 3.05) is 0 Å². The molecule has 0 aromatic carbocycles. The van der Waals surface area contributed by atoms with Crippen LogP contribution in [0.4, 0.5) is 0 Å². The van der Waals surface area contributed by atoms with E-state index >= 15 is 0 Å². The van der Waals surface area contributed by atoms with Gasteiger partial charge in [0.05, 0.1) is 0 Å². The van der Waals surface area contributed by atoms with Gasteiger partial charge in [0.2, 0.25) is 0 Å². The summed E-state index contributed by atoms with van der Waals surface area (Å²) >= 11 is 5.34. The number of hydrogen-bond acceptors (Lipinski definition) is 3. The molecule has 3 N–H and O–H groups in total. The molecule has 2 saturated carbocycles. The number of nitrogens with two attached hydrogens (primary N) is 1. The van der Waals surface area contributed by atoms with E-state index in [4.69, 9.17) is 5.84 Å². The van der Waals surface area contributed by atoms with Crippen LogP contribution in [0, 0.1) is 17.8 Å². The summed E-state index contributed by atoms with van der Waals surface area (Å²) in [5.41, 5.74) is 3.04. The van der Waals surface area contributed by atoms with E-state index in [2.05, 4.69) is 32.8 Å². The Bertz CT molecular complexity index is 406. The minimum absolute atomic E-state index is 0.444. The predicted octanol–water partition coefficient (Wildman–Crippen LogP) is 3.71. The highest BCUT2D eigenvalue weighted by Crippen LogP contribution is 2.50. The second-order valence-electron chi connectivity index (χ2n) is 5.97. The Kier molecular flexibility index (Phi) is 4.09. The number of hydrogen-bond donors (Lipinski definition) is 2. The van der Waals surface area contributed by atoms with Crippen molar-refractivity contribution in [3.05, 3.63) is 20.8 Å². The largest absolute Gasteiger partial charge is 0.271 e. The first-order valence-electron chi connectivity index (χ1n) is 6.93. The van der Waals surface area contributed by atoms with Gasteiger partial charge in [-0.15, -0.1) is 11.3 Å². The van der Waals surface area contributed by atoms with Gasteiger partial charge in [0.15, 0.2) is 0 Å². The quantitative estimate of drug-likeness (QED) is 0.638. The van der Waals surface area contributed by atoms with E-state index < -0.39 is 0 Å². The van der Waals surface area contributed by atoms with Gasteiger partial charge in [-0.1, -0.05) is 6.42 Å². The van der Waals surface area contributed by atoms with Crippen LogP contribution in [0.2, 0.25) is 0 Å². The topological polar surface area (TPSA) is 38.0 Å². The Morgan fingerprint density at radius 1 is 1.44 bits per heavy atom. The van der Waals surface area contributed by atoms with Gasteiger partial charge in [0.1, 0.15) is 0 Å². The van der Waals surface area contributed by atoms with Gasteiger partial charge in [-0.05, 0) is 71.9 Å². The highest BCUT2D eigenvalue weighted by atomic mass is 79.9. The molecular weight excluding hydrogens is 308 g/mol. The number of fused-ring (bicyclic) bond motifs is 2. The molecule has 4 atom stereocenters. The average Bonchev–Trinajstić information content (AvgIpc) is 3.05. The normalized spacial score (nSPS) is 32.0. The molecule has 100 valence electrons. The van der Waals surface area contributed by atoms with Crippen LogP contribution >= 0.6 is 27.3 Å². The lowest BCUT2D eigenvalue weighted by molar-refractivity contribution is 0.278. The maximum Gasteiger partial charge on any atom is 0.0285 e. The molecule has 18 heavy (non-hydrogen) atoms. The Morgan fingerprint density at radius 3 is 2.89 bits per heavy atom. The highest BCUT2D eigenvalue weighted by Gasteiger charge is 2.39. The van der Waals surface area contributed by atoms with Gasteiger partial charge >= 0.3 is 0 Å². The lowest BCUT2D eigenvalue weighted by Crippen LogP contribution is -2.38. The third-order valence-corrected chi connectivity index (χ3v) is 6.50. The summed E-state index contributed by atoms with van der Waals surface area (Å²) in [6.45, 7) is 0. The van der Waals surface area contributed by atoms with Crippen LogP contribution in [0.25, 0.3) is 0 Å². The summed E-state index contributed by atoms with van der Waals surface area (Å²) < 4.78 is 1.19. The van der Waals surface area contributed by atoms with E-state index in [0.29, 0.717) is 6.04 Å². The molecule has 0 radical (unpaired) electrons. The summed E-state index contributed by atoms with van der Waals surface area (Å²) in [6, 6.07) is 2.66. The number of hydrazine groups is 1. The van der Waals surface area contributed by atoms with Crippen molar-refractivity contribution in [2.24, 2.45) is 23.6 Å². The van der Waals surface area contributed by atoms with E-state index in [-0.39, 0.29) is 0 Å². The molecule has 2 aliphatic rings. The van der Waals surface area contributed by atoms with Gasteiger partial charge in [0.25, 0.3) is 0 Å². The molecule has 2 aliphatic carbocycles. The molecule has 2 nitrogen and oxygen atoms in total. The van der Waals surface area contributed by atoms with E-state index in [1.165, 1.54) is 41.5 Å². The zero-order chi connectivity index (χ0) is 12.5. The third-order valence-electron chi connectivity index (χ3n) is 4.78. The van der Waals surface area contributed by atoms with Crippen molar-refractivity contribution in [1.29, 1.82) is 0 Å². The van der Waals surface area contributed by atoms with Crippen LogP contribution in [0.1, 0.15) is 37.0 Å². The van der Waals surface area contributed by atoms with Crippen LogP contribution < -0.4 is 11.3 Å². The smallest absolute Gasteiger partial charge is 0.0285 e. The van der Waals surface area contributed by atoms with Crippen LogP contribution in [-0.4, -0.2) is 6.04 Å². The van der Waals surface area contributed by atoms with Gasteiger partial charge in [-0.25, -0.2) is 0 Å². The summed E-state index contributed by atoms with van der Waals surface area (Å²) in [5, 5.41) is 2.15. The monoisotopic (exact) mass is 328 g/mol. The Balaban J connectivity index is 1.56. The molecular formula is C14H21BrN2S. The second-order valence-corrected chi connectivity index (χ2v) is 7.88. The van der Waals surface area contributed by atoms with Crippen LogP contribution in [0.3, 0.4) is 0 Å². The zero-order valence-electron chi connectivity index (χ0n) is 10.6. The SMILES string of the molecule is NNC(Cc1cc(Br)cs1)CC1CC2CCC1C2. The molecule has 0 spiro atoms. The molecule has 1 aromatic heterocycles. The zero-order valence-corrected chi connectivity index (χ0v) is 13.0.